The molecule has 0 aliphatic carbocycles. The highest BCUT2D eigenvalue weighted by atomic mass is 32.1. The number of pyridine rings is 1. The first-order valence-corrected chi connectivity index (χ1v) is 10.9. The summed E-state index contributed by atoms with van der Waals surface area (Å²) in [7, 11) is 0. The van der Waals surface area contributed by atoms with Crippen LogP contribution in [-0.4, -0.2) is 11.0 Å². The number of hydrogen-bond donors (Lipinski definition) is 0. The van der Waals surface area contributed by atoms with Crippen LogP contribution >= 0.6 is 11.3 Å². The van der Waals surface area contributed by atoms with E-state index in [4.69, 9.17) is 9.47 Å². The van der Waals surface area contributed by atoms with Crippen molar-refractivity contribution in [2.45, 2.75) is 26.4 Å². The Balaban J connectivity index is 1.46. The Morgan fingerprint density at radius 2 is 1.84 bits per heavy atom. The Bertz CT molecular complexity index is 1190. The monoisotopic (exact) mass is 435 g/mol. The summed E-state index contributed by atoms with van der Waals surface area (Å²) in [6.07, 6.45) is 0. The highest BCUT2D eigenvalue weighted by Crippen LogP contribution is 2.36. The van der Waals surface area contributed by atoms with Crippen LogP contribution < -0.4 is 4.74 Å². The molecule has 6 heteroatoms. The van der Waals surface area contributed by atoms with Crippen molar-refractivity contribution in [3.8, 4) is 11.6 Å². The number of fused-ring (bicyclic) bond motifs is 1. The quantitative estimate of drug-likeness (QED) is 0.303. The number of para-hydroxylation sites is 1. The van der Waals surface area contributed by atoms with E-state index in [1.807, 2.05) is 56.3 Å². The SMILES string of the molecule is CC(C)C(C(=O)OCc1cccc(Oc2ccccc2)n1)c1cc2cc(F)ccc2s1. The van der Waals surface area contributed by atoms with Gasteiger partial charge < -0.3 is 9.47 Å². The molecule has 1 unspecified atom stereocenters. The zero-order chi connectivity index (χ0) is 21.8. The van der Waals surface area contributed by atoms with Crippen molar-refractivity contribution in [1.82, 2.24) is 4.98 Å². The number of thiophene rings is 1. The van der Waals surface area contributed by atoms with Crippen molar-refractivity contribution in [2.24, 2.45) is 5.92 Å². The van der Waals surface area contributed by atoms with Crippen molar-refractivity contribution in [3.05, 3.63) is 89.2 Å². The smallest absolute Gasteiger partial charge is 0.314 e. The van der Waals surface area contributed by atoms with Crippen LogP contribution in [0.5, 0.6) is 11.6 Å². The molecule has 2 aromatic heterocycles. The Morgan fingerprint density at radius 1 is 1.03 bits per heavy atom. The summed E-state index contributed by atoms with van der Waals surface area (Å²) in [6, 6.07) is 21.3. The molecule has 0 bridgehead atoms. The van der Waals surface area contributed by atoms with Gasteiger partial charge in [0.2, 0.25) is 5.88 Å². The molecule has 0 saturated heterocycles. The molecule has 31 heavy (non-hydrogen) atoms. The fraction of sp³-hybridized carbons (Fsp3) is 0.200. The second kappa shape index (κ2) is 9.27. The topological polar surface area (TPSA) is 48.4 Å². The van der Waals surface area contributed by atoms with Crippen LogP contribution in [0.4, 0.5) is 4.39 Å². The Labute approximate surface area is 184 Å². The average Bonchev–Trinajstić information content (AvgIpc) is 3.15. The normalized spacial score (nSPS) is 12.1. The standard InChI is InChI=1S/C25H22FNO3S/c1-16(2)24(22-14-17-13-18(26)11-12-21(17)31-22)25(28)29-15-19-7-6-10-23(27-19)30-20-8-4-3-5-9-20/h3-14,16,24H,15H2,1-2H3. The molecule has 0 aliphatic rings. The summed E-state index contributed by atoms with van der Waals surface area (Å²) < 4.78 is 25.8. The molecular formula is C25H22FNO3S. The zero-order valence-corrected chi connectivity index (χ0v) is 18.1. The van der Waals surface area contributed by atoms with E-state index in [1.165, 1.54) is 23.5 Å². The molecule has 158 valence electrons. The average molecular weight is 436 g/mol. The third-order valence-electron chi connectivity index (χ3n) is 4.83. The molecule has 4 rings (SSSR count). The number of ether oxygens (including phenoxy) is 2. The molecule has 0 fully saturated rings. The Hall–Kier alpha value is -3.25. The van der Waals surface area contributed by atoms with Gasteiger partial charge in [-0.25, -0.2) is 9.37 Å². The van der Waals surface area contributed by atoms with Crippen LogP contribution in [-0.2, 0) is 16.1 Å². The lowest BCUT2D eigenvalue weighted by Crippen LogP contribution is -2.20. The van der Waals surface area contributed by atoms with Gasteiger partial charge in [0.05, 0.1) is 11.6 Å². The van der Waals surface area contributed by atoms with Crippen molar-refractivity contribution >= 4 is 27.4 Å². The molecule has 4 aromatic rings. The van der Waals surface area contributed by atoms with Crippen LogP contribution in [0, 0.1) is 11.7 Å². The lowest BCUT2D eigenvalue weighted by atomic mass is 9.94. The summed E-state index contributed by atoms with van der Waals surface area (Å²) in [5, 5.41) is 0.797. The van der Waals surface area contributed by atoms with E-state index in [2.05, 4.69) is 4.98 Å². The van der Waals surface area contributed by atoms with E-state index in [0.29, 0.717) is 17.3 Å². The fourth-order valence-electron chi connectivity index (χ4n) is 3.34. The van der Waals surface area contributed by atoms with Crippen molar-refractivity contribution in [2.75, 3.05) is 0 Å². The van der Waals surface area contributed by atoms with Crippen LogP contribution in [0.1, 0.15) is 30.3 Å². The van der Waals surface area contributed by atoms with E-state index < -0.39 is 5.92 Å². The summed E-state index contributed by atoms with van der Waals surface area (Å²) in [5.74, 6) is 0.120. The van der Waals surface area contributed by atoms with E-state index in [1.54, 1.807) is 18.2 Å². The lowest BCUT2D eigenvalue weighted by Gasteiger charge is -2.18. The van der Waals surface area contributed by atoms with Gasteiger partial charge in [-0.15, -0.1) is 11.3 Å². The van der Waals surface area contributed by atoms with Crippen LogP contribution in [0.2, 0.25) is 0 Å². The first-order chi connectivity index (χ1) is 15.0. The largest absolute Gasteiger partial charge is 0.459 e. The summed E-state index contributed by atoms with van der Waals surface area (Å²) in [5.41, 5.74) is 0.600. The molecule has 2 aromatic carbocycles. The molecular weight excluding hydrogens is 413 g/mol. The van der Waals surface area contributed by atoms with Crippen LogP contribution in [0.15, 0.2) is 72.8 Å². The maximum atomic E-state index is 13.5. The molecule has 0 amide bonds. The first kappa shape index (κ1) is 21.0. The molecule has 0 spiro atoms. The molecule has 0 aliphatic heterocycles. The number of nitrogens with zero attached hydrogens (tertiary/aromatic N) is 1. The number of hydrogen-bond acceptors (Lipinski definition) is 5. The third kappa shape index (κ3) is 5.09. The Morgan fingerprint density at radius 3 is 2.61 bits per heavy atom. The number of benzene rings is 2. The zero-order valence-electron chi connectivity index (χ0n) is 17.2. The van der Waals surface area contributed by atoms with Crippen LogP contribution in [0.25, 0.3) is 10.1 Å². The van der Waals surface area contributed by atoms with Crippen molar-refractivity contribution < 1.29 is 18.7 Å². The third-order valence-corrected chi connectivity index (χ3v) is 6.03. The number of halogens is 1. The van der Waals surface area contributed by atoms with Gasteiger partial charge in [0.1, 0.15) is 18.2 Å². The van der Waals surface area contributed by atoms with Gasteiger partial charge >= 0.3 is 5.97 Å². The number of rotatable bonds is 7. The minimum atomic E-state index is -0.427. The molecule has 1 atom stereocenters. The first-order valence-electron chi connectivity index (χ1n) is 10.0. The van der Waals surface area contributed by atoms with Gasteiger partial charge in [0.25, 0.3) is 0 Å². The molecule has 0 N–H and O–H groups in total. The van der Waals surface area contributed by atoms with Crippen molar-refractivity contribution in [3.63, 3.8) is 0 Å². The number of carbonyl (C=O) groups is 1. The van der Waals surface area contributed by atoms with Gasteiger partial charge in [-0.2, -0.15) is 0 Å². The Kier molecular flexibility index (Phi) is 6.28. The van der Waals surface area contributed by atoms with E-state index >= 15 is 0 Å². The summed E-state index contributed by atoms with van der Waals surface area (Å²) in [4.78, 5) is 18.2. The van der Waals surface area contributed by atoms with E-state index in [0.717, 1.165) is 15.0 Å². The maximum absolute atomic E-state index is 13.5. The highest BCUT2D eigenvalue weighted by molar-refractivity contribution is 7.19. The van der Waals surface area contributed by atoms with Gasteiger partial charge in [-0.05, 0) is 53.8 Å². The second-order valence-electron chi connectivity index (χ2n) is 7.54. The minimum absolute atomic E-state index is 0.0334. The second-order valence-corrected chi connectivity index (χ2v) is 8.66. The maximum Gasteiger partial charge on any atom is 0.314 e. The van der Waals surface area contributed by atoms with Gasteiger partial charge in [0, 0.05) is 15.6 Å². The lowest BCUT2D eigenvalue weighted by molar-refractivity contribution is -0.148. The number of esters is 1. The molecule has 4 nitrogen and oxygen atoms in total. The summed E-state index contributed by atoms with van der Waals surface area (Å²) in [6.45, 7) is 4.00. The van der Waals surface area contributed by atoms with Gasteiger partial charge in [-0.1, -0.05) is 38.1 Å². The predicted octanol–water partition coefficient (Wildman–Crippen LogP) is 6.71. The molecule has 0 saturated carbocycles. The van der Waals surface area contributed by atoms with Crippen LogP contribution in [0.3, 0.4) is 0 Å². The highest BCUT2D eigenvalue weighted by Gasteiger charge is 2.28. The fourth-order valence-corrected chi connectivity index (χ4v) is 4.65. The van der Waals surface area contributed by atoms with E-state index in [-0.39, 0.29) is 24.3 Å². The molecule has 2 heterocycles. The van der Waals surface area contributed by atoms with Crippen molar-refractivity contribution in [1.29, 1.82) is 0 Å². The number of aromatic nitrogens is 1. The minimum Gasteiger partial charge on any atom is -0.459 e. The number of carbonyl (C=O) groups excluding carboxylic acids is 1. The van der Waals surface area contributed by atoms with Gasteiger partial charge in [0.15, 0.2) is 0 Å². The molecule has 0 radical (unpaired) electrons. The summed E-state index contributed by atoms with van der Waals surface area (Å²) >= 11 is 1.49. The van der Waals surface area contributed by atoms with Gasteiger partial charge in [-0.3, -0.25) is 4.79 Å². The van der Waals surface area contributed by atoms with E-state index in [9.17, 15) is 9.18 Å². The predicted molar refractivity (Wildman–Crippen MR) is 120 cm³/mol.